The standard InChI is InChI=1S/C24H24N2/c1-24(2,3)26-25-16-17-10-4-5-11-18(17)23-21-14-8-6-12-19(21)20-13-7-9-15-22(20)23/h4-16,23,26H,1-3H3/b25-16+. The Morgan fingerprint density at radius 2 is 1.23 bits per heavy atom. The van der Waals surface area contributed by atoms with Gasteiger partial charge in [-0.05, 0) is 54.2 Å². The van der Waals surface area contributed by atoms with E-state index in [0.717, 1.165) is 5.56 Å². The van der Waals surface area contributed by atoms with Crippen molar-refractivity contribution in [3.63, 3.8) is 0 Å². The highest BCUT2D eigenvalue weighted by Crippen LogP contribution is 2.48. The molecule has 0 radical (unpaired) electrons. The third kappa shape index (κ3) is 3.03. The zero-order valence-electron chi connectivity index (χ0n) is 15.5. The van der Waals surface area contributed by atoms with Gasteiger partial charge in [-0.2, -0.15) is 5.10 Å². The van der Waals surface area contributed by atoms with Crippen LogP contribution in [0.25, 0.3) is 11.1 Å². The second kappa shape index (κ2) is 6.45. The SMILES string of the molecule is CC(C)(C)N/N=C/c1ccccc1C1c2ccccc2-c2ccccc21. The van der Waals surface area contributed by atoms with E-state index in [4.69, 9.17) is 0 Å². The van der Waals surface area contributed by atoms with Crippen LogP contribution >= 0.6 is 0 Å². The molecule has 0 aliphatic heterocycles. The minimum atomic E-state index is -0.0436. The highest BCUT2D eigenvalue weighted by Gasteiger charge is 2.30. The lowest BCUT2D eigenvalue weighted by Crippen LogP contribution is -2.31. The molecule has 0 atom stereocenters. The van der Waals surface area contributed by atoms with Gasteiger partial charge in [0.15, 0.2) is 0 Å². The molecule has 1 aliphatic rings. The fourth-order valence-corrected chi connectivity index (χ4v) is 3.68. The van der Waals surface area contributed by atoms with Crippen molar-refractivity contribution in [2.75, 3.05) is 0 Å². The highest BCUT2D eigenvalue weighted by molar-refractivity contribution is 5.86. The van der Waals surface area contributed by atoms with Gasteiger partial charge in [-0.25, -0.2) is 0 Å². The van der Waals surface area contributed by atoms with E-state index in [1.807, 2.05) is 6.21 Å². The first-order valence-corrected chi connectivity index (χ1v) is 9.12. The molecule has 0 spiro atoms. The van der Waals surface area contributed by atoms with Gasteiger partial charge in [0.2, 0.25) is 0 Å². The molecule has 0 amide bonds. The third-order valence-corrected chi connectivity index (χ3v) is 4.74. The van der Waals surface area contributed by atoms with Gasteiger partial charge in [0, 0.05) is 11.5 Å². The van der Waals surface area contributed by atoms with Crippen LogP contribution in [-0.4, -0.2) is 11.8 Å². The summed E-state index contributed by atoms with van der Waals surface area (Å²) in [6, 6.07) is 26.0. The maximum absolute atomic E-state index is 4.48. The second-order valence-corrected chi connectivity index (χ2v) is 7.86. The van der Waals surface area contributed by atoms with Crippen LogP contribution in [0.1, 0.15) is 48.9 Å². The number of hydrogen-bond acceptors (Lipinski definition) is 2. The topological polar surface area (TPSA) is 24.4 Å². The molecule has 1 aliphatic carbocycles. The lowest BCUT2D eigenvalue weighted by Gasteiger charge is -2.19. The first kappa shape index (κ1) is 16.6. The molecule has 0 bridgehead atoms. The largest absolute Gasteiger partial charge is 0.305 e. The fourth-order valence-electron chi connectivity index (χ4n) is 3.68. The molecule has 0 saturated heterocycles. The zero-order chi connectivity index (χ0) is 18.1. The van der Waals surface area contributed by atoms with Gasteiger partial charge in [0.1, 0.15) is 0 Å². The monoisotopic (exact) mass is 340 g/mol. The van der Waals surface area contributed by atoms with Crippen molar-refractivity contribution >= 4 is 6.21 Å². The van der Waals surface area contributed by atoms with E-state index in [1.54, 1.807) is 0 Å². The summed E-state index contributed by atoms with van der Waals surface area (Å²) in [5.74, 6) is 0.250. The summed E-state index contributed by atoms with van der Waals surface area (Å²) < 4.78 is 0. The number of nitrogens with one attached hydrogen (secondary N) is 1. The lowest BCUT2D eigenvalue weighted by molar-refractivity contribution is 0.442. The molecular weight excluding hydrogens is 316 g/mol. The molecule has 0 unspecified atom stereocenters. The highest BCUT2D eigenvalue weighted by atomic mass is 15.3. The summed E-state index contributed by atoms with van der Waals surface area (Å²) in [4.78, 5) is 0. The smallest absolute Gasteiger partial charge is 0.0543 e. The van der Waals surface area contributed by atoms with E-state index in [1.165, 1.54) is 27.8 Å². The van der Waals surface area contributed by atoms with Gasteiger partial charge in [-0.15, -0.1) is 0 Å². The fraction of sp³-hybridized carbons (Fsp3) is 0.208. The lowest BCUT2D eigenvalue weighted by atomic mass is 9.87. The maximum Gasteiger partial charge on any atom is 0.0543 e. The number of hydrogen-bond donors (Lipinski definition) is 1. The molecule has 130 valence electrons. The molecule has 1 N–H and O–H groups in total. The van der Waals surface area contributed by atoms with Crippen LogP contribution in [0.5, 0.6) is 0 Å². The van der Waals surface area contributed by atoms with Crippen molar-refractivity contribution in [2.45, 2.75) is 32.2 Å². The van der Waals surface area contributed by atoms with Gasteiger partial charge in [0.25, 0.3) is 0 Å². The summed E-state index contributed by atoms with van der Waals surface area (Å²) >= 11 is 0. The molecular formula is C24H24N2. The van der Waals surface area contributed by atoms with Crippen LogP contribution in [0, 0.1) is 0 Å². The van der Waals surface area contributed by atoms with Crippen molar-refractivity contribution in [2.24, 2.45) is 5.10 Å². The predicted molar refractivity (Wildman–Crippen MR) is 110 cm³/mol. The van der Waals surface area contributed by atoms with Crippen LogP contribution in [0.15, 0.2) is 77.9 Å². The molecule has 3 aromatic rings. The predicted octanol–water partition coefficient (Wildman–Crippen LogP) is 5.57. The van der Waals surface area contributed by atoms with Gasteiger partial charge < -0.3 is 5.43 Å². The Bertz CT molecular complexity index is 918. The summed E-state index contributed by atoms with van der Waals surface area (Å²) in [5.41, 5.74) is 11.0. The molecule has 0 fully saturated rings. The van der Waals surface area contributed by atoms with Gasteiger partial charge in [0.05, 0.1) is 6.21 Å². The minimum Gasteiger partial charge on any atom is -0.305 e. The molecule has 0 aromatic heterocycles. The first-order chi connectivity index (χ1) is 12.5. The first-order valence-electron chi connectivity index (χ1n) is 9.12. The normalized spacial score (nSPS) is 13.7. The molecule has 26 heavy (non-hydrogen) atoms. The third-order valence-electron chi connectivity index (χ3n) is 4.74. The average Bonchev–Trinajstić information content (AvgIpc) is 2.96. The van der Waals surface area contributed by atoms with Crippen molar-refractivity contribution in [3.05, 3.63) is 95.1 Å². The van der Waals surface area contributed by atoms with Gasteiger partial charge in [-0.3, -0.25) is 0 Å². The minimum absolute atomic E-state index is 0.0436. The quantitative estimate of drug-likeness (QED) is 0.383. The van der Waals surface area contributed by atoms with Gasteiger partial charge in [-0.1, -0.05) is 72.8 Å². The van der Waals surface area contributed by atoms with Crippen molar-refractivity contribution in [1.82, 2.24) is 5.43 Å². The number of benzene rings is 3. The van der Waals surface area contributed by atoms with Gasteiger partial charge >= 0.3 is 0 Å². The Hall–Kier alpha value is -2.87. The van der Waals surface area contributed by atoms with E-state index < -0.39 is 0 Å². The molecule has 2 heteroatoms. The maximum atomic E-state index is 4.48. The summed E-state index contributed by atoms with van der Waals surface area (Å²) in [6.45, 7) is 6.33. The van der Waals surface area contributed by atoms with Crippen molar-refractivity contribution in [1.29, 1.82) is 0 Å². The molecule has 0 saturated carbocycles. The summed E-state index contributed by atoms with van der Waals surface area (Å²) in [7, 11) is 0. The molecule has 4 rings (SSSR count). The average molecular weight is 340 g/mol. The van der Waals surface area contributed by atoms with E-state index >= 15 is 0 Å². The summed E-state index contributed by atoms with van der Waals surface area (Å²) in [6.07, 6.45) is 1.95. The summed E-state index contributed by atoms with van der Waals surface area (Å²) in [5, 5.41) is 4.48. The Kier molecular flexibility index (Phi) is 4.12. The Morgan fingerprint density at radius 3 is 1.81 bits per heavy atom. The Labute approximate surface area is 155 Å². The molecule has 0 heterocycles. The van der Waals surface area contributed by atoms with Crippen molar-refractivity contribution < 1.29 is 0 Å². The molecule has 3 aromatic carbocycles. The van der Waals surface area contributed by atoms with Crippen LogP contribution in [0.4, 0.5) is 0 Å². The number of fused-ring (bicyclic) bond motifs is 3. The number of hydrazone groups is 1. The van der Waals surface area contributed by atoms with Crippen LogP contribution < -0.4 is 5.43 Å². The van der Waals surface area contributed by atoms with Crippen LogP contribution in [0.3, 0.4) is 0 Å². The van der Waals surface area contributed by atoms with E-state index in [-0.39, 0.29) is 11.5 Å². The second-order valence-electron chi connectivity index (χ2n) is 7.86. The number of rotatable bonds is 3. The Morgan fingerprint density at radius 1 is 0.731 bits per heavy atom. The van der Waals surface area contributed by atoms with E-state index in [0.29, 0.717) is 0 Å². The molecule has 2 nitrogen and oxygen atoms in total. The van der Waals surface area contributed by atoms with E-state index in [9.17, 15) is 0 Å². The van der Waals surface area contributed by atoms with Crippen LogP contribution in [0.2, 0.25) is 0 Å². The Balaban J connectivity index is 1.82. The number of nitrogens with zero attached hydrogens (tertiary/aromatic N) is 1. The van der Waals surface area contributed by atoms with Crippen LogP contribution in [-0.2, 0) is 0 Å². The van der Waals surface area contributed by atoms with E-state index in [2.05, 4.69) is 104 Å². The van der Waals surface area contributed by atoms with Crippen molar-refractivity contribution in [3.8, 4) is 11.1 Å². The zero-order valence-corrected chi connectivity index (χ0v) is 15.5.